The van der Waals surface area contributed by atoms with E-state index < -0.39 is 5.60 Å². The van der Waals surface area contributed by atoms with Crippen LogP contribution in [0.5, 0.6) is 0 Å². The van der Waals surface area contributed by atoms with Crippen LogP contribution in [0.3, 0.4) is 0 Å². The number of carbonyl (C=O) groups is 1. The zero-order valence-electron chi connectivity index (χ0n) is 13.8. The van der Waals surface area contributed by atoms with Crippen LogP contribution in [-0.2, 0) is 16.1 Å². The average molecular weight is 309 g/mol. The lowest BCUT2D eigenvalue weighted by Crippen LogP contribution is -2.39. The molecule has 0 amide bonds. The van der Waals surface area contributed by atoms with Gasteiger partial charge in [0, 0.05) is 17.8 Å². The molecule has 6 heteroatoms. The van der Waals surface area contributed by atoms with Crippen LogP contribution in [-0.4, -0.2) is 57.6 Å². The molecule has 2 heterocycles. The van der Waals surface area contributed by atoms with Crippen molar-refractivity contribution in [3.8, 4) is 0 Å². The van der Waals surface area contributed by atoms with E-state index in [9.17, 15) is 4.79 Å². The molecule has 0 aliphatic carbocycles. The molecule has 0 saturated carbocycles. The lowest BCUT2D eigenvalue weighted by atomic mass is 9.93. The van der Waals surface area contributed by atoms with E-state index in [1.807, 2.05) is 31.5 Å². The van der Waals surface area contributed by atoms with E-state index in [-0.39, 0.29) is 12.6 Å². The summed E-state index contributed by atoms with van der Waals surface area (Å²) in [5.41, 5.74) is 0.762. The fourth-order valence-corrected chi connectivity index (χ4v) is 2.91. The Kier molecular flexibility index (Phi) is 5.58. The summed E-state index contributed by atoms with van der Waals surface area (Å²) in [5, 5.41) is 13.3. The van der Waals surface area contributed by atoms with Gasteiger partial charge in [-0.05, 0) is 52.8 Å². The highest BCUT2D eigenvalue weighted by molar-refractivity contribution is 5.72. The minimum Gasteiger partial charge on any atom is -0.459 e. The molecular weight excluding hydrogens is 282 g/mol. The largest absolute Gasteiger partial charge is 0.459 e. The van der Waals surface area contributed by atoms with E-state index in [1.54, 1.807) is 6.20 Å². The van der Waals surface area contributed by atoms with Crippen LogP contribution in [0.15, 0.2) is 12.3 Å². The predicted molar refractivity (Wildman–Crippen MR) is 83.6 cm³/mol. The van der Waals surface area contributed by atoms with E-state index in [0.29, 0.717) is 19.0 Å². The fraction of sp³-hybridized carbons (Fsp3) is 0.750. The lowest BCUT2D eigenvalue weighted by Gasteiger charge is -2.32. The van der Waals surface area contributed by atoms with E-state index in [1.165, 1.54) is 5.69 Å². The molecule has 1 aromatic rings. The fourth-order valence-electron chi connectivity index (χ4n) is 2.91. The van der Waals surface area contributed by atoms with Gasteiger partial charge < -0.3 is 9.84 Å². The average Bonchev–Trinajstić information content (AvgIpc) is 2.86. The molecule has 1 saturated heterocycles. The second-order valence-corrected chi connectivity index (χ2v) is 6.84. The van der Waals surface area contributed by atoms with E-state index in [0.717, 1.165) is 25.9 Å². The number of aliphatic hydroxyl groups excluding tert-OH is 1. The molecule has 0 unspecified atom stereocenters. The Bertz CT molecular complexity index is 485. The molecule has 22 heavy (non-hydrogen) atoms. The Labute approximate surface area is 132 Å². The van der Waals surface area contributed by atoms with Crippen molar-refractivity contribution < 1.29 is 14.6 Å². The van der Waals surface area contributed by atoms with Gasteiger partial charge in [0.05, 0.1) is 19.7 Å². The summed E-state index contributed by atoms with van der Waals surface area (Å²) < 4.78 is 7.25. The van der Waals surface area contributed by atoms with Gasteiger partial charge in [0.1, 0.15) is 5.60 Å². The molecule has 1 aromatic heterocycles. The number of piperidine rings is 1. The summed E-state index contributed by atoms with van der Waals surface area (Å²) in [6.07, 6.45) is 3.79. The summed E-state index contributed by atoms with van der Waals surface area (Å²) in [4.78, 5) is 14.0. The van der Waals surface area contributed by atoms with Gasteiger partial charge in [-0.2, -0.15) is 5.10 Å². The zero-order valence-corrected chi connectivity index (χ0v) is 13.8. The third-order valence-electron chi connectivity index (χ3n) is 3.84. The molecule has 1 fully saturated rings. The molecule has 6 nitrogen and oxygen atoms in total. The Morgan fingerprint density at radius 1 is 1.41 bits per heavy atom. The lowest BCUT2D eigenvalue weighted by molar-refractivity contribution is -0.156. The number of carbonyl (C=O) groups excluding carboxylic acids is 1. The quantitative estimate of drug-likeness (QED) is 0.833. The maximum atomic E-state index is 11.9. The van der Waals surface area contributed by atoms with Crippen molar-refractivity contribution in [2.45, 2.75) is 51.7 Å². The monoisotopic (exact) mass is 309 g/mol. The van der Waals surface area contributed by atoms with Gasteiger partial charge in [0.15, 0.2) is 0 Å². The van der Waals surface area contributed by atoms with E-state index in [4.69, 9.17) is 9.84 Å². The number of nitrogens with zero attached hydrogens (tertiary/aromatic N) is 3. The van der Waals surface area contributed by atoms with Gasteiger partial charge in [-0.1, -0.05) is 0 Å². The van der Waals surface area contributed by atoms with E-state index in [2.05, 4.69) is 10.00 Å². The second kappa shape index (κ2) is 7.24. The van der Waals surface area contributed by atoms with Crippen molar-refractivity contribution in [3.05, 3.63) is 18.0 Å². The Morgan fingerprint density at radius 3 is 2.68 bits per heavy atom. The highest BCUT2D eigenvalue weighted by Crippen LogP contribution is 2.27. The summed E-state index contributed by atoms with van der Waals surface area (Å²) >= 11 is 0. The number of esters is 1. The zero-order chi connectivity index (χ0) is 16.2. The van der Waals surface area contributed by atoms with Crippen molar-refractivity contribution in [1.29, 1.82) is 0 Å². The number of hydrogen-bond acceptors (Lipinski definition) is 5. The minimum atomic E-state index is -0.424. The number of rotatable bonds is 5. The Morgan fingerprint density at radius 2 is 2.09 bits per heavy atom. The standard InChI is InChI=1S/C16H27N3O3/c1-16(2,3)22-15(21)12-18-8-5-13(6-9-18)14-4-7-17-19(14)10-11-20/h4,7,13,20H,5-6,8-12H2,1-3H3. The summed E-state index contributed by atoms with van der Waals surface area (Å²) in [6.45, 7) is 8.44. The summed E-state index contributed by atoms with van der Waals surface area (Å²) in [5.74, 6) is 0.292. The van der Waals surface area contributed by atoms with Crippen molar-refractivity contribution in [2.75, 3.05) is 26.2 Å². The molecular formula is C16H27N3O3. The maximum absolute atomic E-state index is 11.9. The number of ether oxygens (including phenoxy) is 1. The molecule has 0 bridgehead atoms. The first-order valence-corrected chi connectivity index (χ1v) is 7.96. The van der Waals surface area contributed by atoms with Crippen LogP contribution in [0.25, 0.3) is 0 Å². The second-order valence-electron chi connectivity index (χ2n) is 6.84. The normalized spacial score (nSPS) is 17.6. The van der Waals surface area contributed by atoms with Crippen molar-refractivity contribution in [1.82, 2.24) is 14.7 Å². The Hall–Kier alpha value is -1.40. The van der Waals surface area contributed by atoms with Gasteiger partial charge in [-0.3, -0.25) is 14.4 Å². The molecule has 2 rings (SSSR count). The molecule has 0 radical (unpaired) electrons. The Balaban J connectivity index is 1.83. The van der Waals surface area contributed by atoms with Crippen molar-refractivity contribution in [3.63, 3.8) is 0 Å². The van der Waals surface area contributed by atoms with Gasteiger partial charge in [0.2, 0.25) is 0 Å². The molecule has 1 aliphatic rings. The van der Waals surface area contributed by atoms with Crippen LogP contribution in [0.2, 0.25) is 0 Å². The van der Waals surface area contributed by atoms with Gasteiger partial charge in [-0.15, -0.1) is 0 Å². The van der Waals surface area contributed by atoms with Gasteiger partial charge in [0.25, 0.3) is 0 Å². The highest BCUT2D eigenvalue weighted by Gasteiger charge is 2.25. The molecule has 124 valence electrons. The number of hydrogen-bond donors (Lipinski definition) is 1. The first kappa shape index (κ1) is 17.0. The number of aromatic nitrogens is 2. The number of likely N-dealkylation sites (tertiary alicyclic amines) is 1. The first-order chi connectivity index (χ1) is 10.4. The third-order valence-corrected chi connectivity index (χ3v) is 3.84. The summed E-state index contributed by atoms with van der Waals surface area (Å²) in [6, 6.07) is 2.03. The van der Waals surface area contributed by atoms with Crippen LogP contribution in [0.4, 0.5) is 0 Å². The summed E-state index contributed by atoms with van der Waals surface area (Å²) in [7, 11) is 0. The van der Waals surface area contributed by atoms with E-state index >= 15 is 0 Å². The molecule has 0 aromatic carbocycles. The third kappa shape index (κ3) is 4.81. The van der Waals surface area contributed by atoms with Crippen molar-refractivity contribution in [2.24, 2.45) is 0 Å². The maximum Gasteiger partial charge on any atom is 0.320 e. The molecule has 1 N–H and O–H groups in total. The topological polar surface area (TPSA) is 67.6 Å². The van der Waals surface area contributed by atoms with Crippen molar-refractivity contribution >= 4 is 5.97 Å². The molecule has 1 aliphatic heterocycles. The smallest absolute Gasteiger partial charge is 0.320 e. The van der Waals surface area contributed by atoms with Gasteiger partial charge in [-0.25, -0.2) is 0 Å². The van der Waals surface area contributed by atoms with Crippen LogP contribution in [0.1, 0.15) is 45.2 Å². The minimum absolute atomic E-state index is 0.103. The first-order valence-electron chi connectivity index (χ1n) is 7.96. The molecule has 0 spiro atoms. The predicted octanol–water partition coefficient (Wildman–Crippen LogP) is 1.40. The number of aliphatic hydroxyl groups is 1. The van der Waals surface area contributed by atoms with Crippen LogP contribution in [0, 0.1) is 0 Å². The van der Waals surface area contributed by atoms with Crippen LogP contribution >= 0.6 is 0 Å². The highest BCUT2D eigenvalue weighted by atomic mass is 16.6. The van der Waals surface area contributed by atoms with Crippen LogP contribution < -0.4 is 0 Å². The SMILES string of the molecule is CC(C)(C)OC(=O)CN1CCC(c2ccnn2CCO)CC1. The molecule has 0 atom stereocenters. The van der Waals surface area contributed by atoms with Gasteiger partial charge >= 0.3 is 5.97 Å².